The molecule has 0 rings (SSSR count). The van der Waals surface area contributed by atoms with Crippen molar-refractivity contribution >= 4 is 12.0 Å². The van der Waals surface area contributed by atoms with Crippen LogP contribution in [0.2, 0.25) is 0 Å². The highest BCUT2D eigenvalue weighted by molar-refractivity contribution is 5.84. The highest BCUT2D eigenvalue weighted by Crippen LogP contribution is 2.11. The summed E-state index contributed by atoms with van der Waals surface area (Å²) in [6.45, 7) is 7.04. The Morgan fingerprint density at radius 3 is 1.88 bits per heavy atom. The van der Waals surface area contributed by atoms with E-state index in [-0.39, 0.29) is 5.91 Å². The summed E-state index contributed by atoms with van der Waals surface area (Å²) in [5.41, 5.74) is -0.549. The van der Waals surface area contributed by atoms with Gasteiger partial charge in [-0.2, -0.15) is 0 Å². The fourth-order valence-corrected chi connectivity index (χ4v) is 1.03. The van der Waals surface area contributed by atoms with Crippen LogP contribution in [0.4, 0.5) is 4.79 Å². The van der Waals surface area contributed by atoms with E-state index < -0.39 is 17.7 Å². The number of carbonyl (C=O) groups excluding carboxylic acids is 2. The molecule has 0 aliphatic heterocycles. The zero-order chi connectivity index (χ0) is 13.1. The third kappa shape index (κ3) is 4.51. The number of nitrogens with zero attached hydrogens (tertiary/aromatic N) is 2. The molecule has 0 fully saturated rings. The molecule has 0 aromatic carbocycles. The molecule has 0 N–H and O–H groups in total. The summed E-state index contributed by atoms with van der Waals surface area (Å²) in [5, 5.41) is 0. The Kier molecular flexibility index (Phi) is 4.78. The third-order valence-electron chi connectivity index (χ3n) is 2.06. The van der Waals surface area contributed by atoms with Crippen molar-refractivity contribution in [2.75, 3.05) is 21.1 Å². The number of rotatable bonds is 2. The molecule has 0 aliphatic carbocycles. The van der Waals surface area contributed by atoms with Gasteiger partial charge in [-0.15, -0.1) is 0 Å². The summed E-state index contributed by atoms with van der Waals surface area (Å²) in [6, 6.07) is -0.523. The largest absolute Gasteiger partial charge is 0.444 e. The second-order valence-corrected chi connectivity index (χ2v) is 5.00. The quantitative estimate of drug-likeness (QED) is 0.719. The van der Waals surface area contributed by atoms with Gasteiger partial charge >= 0.3 is 6.09 Å². The molecular formula is C11H22N2O3. The van der Waals surface area contributed by atoms with Crippen LogP contribution in [0.15, 0.2) is 0 Å². The number of likely N-dealkylation sites (N-methyl/N-ethyl adjacent to an activating group) is 2. The van der Waals surface area contributed by atoms with Crippen molar-refractivity contribution in [1.29, 1.82) is 0 Å². The zero-order valence-corrected chi connectivity index (χ0v) is 11.2. The van der Waals surface area contributed by atoms with Gasteiger partial charge in [0.2, 0.25) is 5.91 Å². The van der Waals surface area contributed by atoms with Gasteiger partial charge in [-0.3, -0.25) is 9.69 Å². The van der Waals surface area contributed by atoms with E-state index in [0.29, 0.717) is 0 Å². The molecule has 0 aromatic rings. The Balaban J connectivity index is 4.50. The first-order valence-electron chi connectivity index (χ1n) is 5.23. The molecule has 0 aromatic heterocycles. The van der Waals surface area contributed by atoms with E-state index >= 15 is 0 Å². The van der Waals surface area contributed by atoms with Crippen LogP contribution in [0.1, 0.15) is 27.7 Å². The van der Waals surface area contributed by atoms with E-state index in [1.807, 2.05) is 0 Å². The van der Waals surface area contributed by atoms with Gasteiger partial charge in [0.15, 0.2) is 0 Å². The Morgan fingerprint density at radius 1 is 1.12 bits per heavy atom. The lowest BCUT2D eigenvalue weighted by Gasteiger charge is -2.29. The zero-order valence-electron chi connectivity index (χ0n) is 11.2. The van der Waals surface area contributed by atoms with Crippen LogP contribution in [0, 0.1) is 0 Å². The first-order valence-corrected chi connectivity index (χ1v) is 5.23. The predicted molar refractivity (Wildman–Crippen MR) is 62.2 cm³/mol. The molecule has 5 heteroatoms. The Labute approximate surface area is 97.3 Å². The summed E-state index contributed by atoms with van der Waals surface area (Å²) in [4.78, 5) is 26.0. The Bertz CT molecular complexity index is 269. The topological polar surface area (TPSA) is 49.9 Å². The van der Waals surface area contributed by atoms with Crippen molar-refractivity contribution in [3.05, 3.63) is 0 Å². The normalized spacial score (nSPS) is 12.9. The molecule has 5 nitrogen and oxygen atoms in total. The van der Waals surface area contributed by atoms with Gasteiger partial charge in [0, 0.05) is 21.1 Å². The molecule has 0 unspecified atom stereocenters. The van der Waals surface area contributed by atoms with Crippen LogP contribution in [-0.2, 0) is 9.53 Å². The fraction of sp³-hybridized carbons (Fsp3) is 0.818. The highest BCUT2D eigenvalue weighted by Gasteiger charge is 2.27. The first kappa shape index (κ1) is 14.7. The lowest BCUT2D eigenvalue weighted by Crippen LogP contribution is -2.47. The van der Waals surface area contributed by atoms with E-state index in [1.54, 1.807) is 48.8 Å². The second-order valence-electron chi connectivity index (χ2n) is 5.00. The first-order chi connectivity index (χ1) is 7.06. The molecular weight excluding hydrogens is 208 g/mol. The van der Waals surface area contributed by atoms with Crippen LogP contribution in [0.3, 0.4) is 0 Å². The highest BCUT2D eigenvalue weighted by atomic mass is 16.6. The van der Waals surface area contributed by atoms with E-state index in [0.717, 1.165) is 0 Å². The summed E-state index contributed by atoms with van der Waals surface area (Å²) in [5.74, 6) is -0.131. The number of hydrogen-bond donors (Lipinski definition) is 0. The van der Waals surface area contributed by atoms with Crippen LogP contribution in [-0.4, -0.2) is 54.6 Å². The molecule has 94 valence electrons. The molecule has 1 atom stereocenters. The molecule has 0 spiro atoms. The predicted octanol–water partition coefficient (Wildman–Crippen LogP) is 1.33. The van der Waals surface area contributed by atoms with Crippen LogP contribution in [0.5, 0.6) is 0 Å². The van der Waals surface area contributed by atoms with Gasteiger partial charge in [0.05, 0.1) is 0 Å². The maximum atomic E-state index is 11.7. The maximum absolute atomic E-state index is 11.7. The molecule has 2 amide bonds. The van der Waals surface area contributed by atoms with Crippen molar-refractivity contribution < 1.29 is 14.3 Å². The third-order valence-corrected chi connectivity index (χ3v) is 2.06. The van der Waals surface area contributed by atoms with Crippen molar-refractivity contribution in [1.82, 2.24) is 9.80 Å². The minimum absolute atomic E-state index is 0.131. The smallest absolute Gasteiger partial charge is 0.410 e. The summed E-state index contributed by atoms with van der Waals surface area (Å²) in [6.07, 6.45) is -0.491. The SMILES string of the molecule is C[C@H](C(=O)N(C)C)N(C)C(=O)OC(C)(C)C. The monoisotopic (exact) mass is 230 g/mol. The lowest BCUT2D eigenvalue weighted by molar-refractivity contribution is -0.133. The molecule has 0 bridgehead atoms. The standard InChI is InChI=1S/C11H22N2O3/c1-8(9(14)12(5)6)13(7)10(15)16-11(2,3)4/h8H,1-7H3/t8-/m1/s1. The van der Waals surface area contributed by atoms with Crippen molar-refractivity contribution in [3.63, 3.8) is 0 Å². The van der Waals surface area contributed by atoms with Crippen LogP contribution < -0.4 is 0 Å². The van der Waals surface area contributed by atoms with Crippen molar-refractivity contribution in [2.45, 2.75) is 39.3 Å². The molecule has 0 heterocycles. The Hall–Kier alpha value is -1.26. The Morgan fingerprint density at radius 2 is 1.56 bits per heavy atom. The molecule has 0 saturated heterocycles. The average Bonchev–Trinajstić information content (AvgIpc) is 2.11. The summed E-state index contributed by atoms with van der Waals surface area (Å²) < 4.78 is 5.17. The number of ether oxygens (including phenoxy) is 1. The van der Waals surface area contributed by atoms with Gasteiger partial charge in [-0.25, -0.2) is 4.79 Å². The van der Waals surface area contributed by atoms with Gasteiger partial charge in [0.25, 0.3) is 0 Å². The van der Waals surface area contributed by atoms with Gasteiger partial charge < -0.3 is 9.64 Å². The fourth-order valence-electron chi connectivity index (χ4n) is 1.03. The number of carbonyl (C=O) groups is 2. The van der Waals surface area contributed by atoms with Crippen LogP contribution >= 0.6 is 0 Å². The lowest BCUT2D eigenvalue weighted by atomic mass is 10.2. The maximum Gasteiger partial charge on any atom is 0.410 e. The molecule has 0 aliphatic rings. The van der Waals surface area contributed by atoms with Gasteiger partial charge in [-0.1, -0.05) is 0 Å². The second kappa shape index (κ2) is 5.18. The summed E-state index contributed by atoms with van der Waals surface area (Å²) >= 11 is 0. The van der Waals surface area contributed by atoms with Crippen molar-refractivity contribution in [3.8, 4) is 0 Å². The van der Waals surface area contributed by atoms with E-state index in [1.165, 1.54) is 9.80 Å². The molecule has 16 heavy (non-hydrogen) atoms. The van der Waals surface area contributed by atoms with E-state index in [2.05, 4.69) is 0 Å². The van der Waals surface area contributed by atoms with Crippen LogP contribution in [0.25, 0.3) is 0 Å². The number of amides is 2. The average molecular weight is 230 g/mol. The van der Waals surface area contributed by atoms with E-state index in [9.17, 15) is 9.59 Å². The minimum Gasteiger partial charge on any atom is -0.444 e. The van der Waals surface area contributed by atoms with Gasteiger partial charge in [0.1, 0.15) is 11.6 Å². The summed E-state index contributed by atoms with van der Waals surface area (Å²) in [7, 11) is 4.86. The number of hydrogen-bond acceptors (Lipinski definition) is 3. The molecule has 0 radical (unpaired) electrons. The molecule has 0 saturated carbocycles. The van der Waals surface area contributed by atoms with Crippen molar-refractivity contribution in [2.24, 2.45) is 0 Å². The van der Waals surface area contributed by atoms with Gasteiger partial charge in [-0.05, 0) is 27.7 Å². The van der Waals surface area contributed by atoms with E-state index in [4.69, 9.17) is 4.74 Å². The minimum atomic E-state index is -0.549.